The average molecular weight is 302 g/mol. The van der Waals surface area contributed by atoms with E-state index in [1.54, 1.807) is 12.1 Å². The van der Waals surface area contributed by atoms with Crippen molar-refractivity contribution in [1.82, 2.24) is 0 Å². The fraction of sp³-hybridized carbons (Fsp3) is 0.455. The first-order valence-corrected chi connectivity index (χ1v) is 6.18. The molecule has 1 aliphatic heterocycles. The van der Waals surface area contributed by atoms with Crippen LogP contribution < -0.4 is 4.74 Å². The monoisotopic (exact) mass is 301 g/mol. The molecular weight excluding hydrogens is 290 g/mol. The number of benzene rings is 1. The van der Waals surface area contributed by atoms with Gasteiger partial charge in [-0.05, 0) is 34.8 Å². The van der Waals surface area contributed by atoms with Crippen LogP contribution in [0.15, 0.2) is 22.7 Å². The van der Waals surface area contributed by atoms with Crippen LogP contribution >= 0.6 is 15.9 Å². The fourth-order valence-corrected chi connectivity index (χ4v) is 2.17. The van der Waals surface area contributed by atoms with Gasteiger partial charge in [-0.15, -0.1) is 0 Å². The van der Waals surface area contributed by atoms with Crippen molar-refractivity contribution in [3.8, 4) is 5.75 Å². The van der Waals surface area contributed by atoms with E-state index >= 15 is 0 Å². The third kappa shape index (κ3) is 3.17. The maximum atomic E-state index is 10.6. The van der Waals surface area contributed by atoms with Crippen molar-refractivity contribution in [2.45, 2.75) is 25.6 Å². The second-order valence-electron chi connectivity index (χ2n) is 3.78. The molecule has 6 heteroatoms. The molecule has 17 heavy (non-hydrogen) atoms. The molecule has 1 heterocycles. The van der Waals surface area contributed by atoms with Gasteiger partial charge in [-0.25, -0.2) is 0 Å². The van der Waals surface area contributed by atoms with Gasteiger partial charge in [0, 0.05) is 18.6 Å². The van der Waals surface area contributed by atoms with Crippen LogP contribution in [-0.2, 0) is 4.74 Å². The maximum absolute atomic E-state index is 10.6. The summed E-state index contributed by atoms with van der Waals surface area (Å²) in [5.41, 5.74) is 0.0295. The third-order valence-corrected chi connectivity index (χ3v) is 3.16. The summed E-state index contributed by atoms with van der Waals surface area (Å²) >= 11 is 3.15. The van der Waals surface area contributed by atoms with Gasteiger partial charge in [-0.2, -0.15) is 0 Å². The molecule has 0 bridgehead atoms. The van der Waals surface area contributed by atoms with Crippen LogP contribution in [0.4, 0.5) is 5.69 Å². The van der Waals surface area contributed by atoms with Gasteiger partial charge in [0.1, 0.15) is 5.75 Å². The van der Waals surface area contributed by atoms with E-state index in [4.69, 9.17) is 9.47 Å². The van der Waals surface area contributed by atoms with Gasteiger partial charge in [-0.1, -0.05) is 0 Å². The SMILES string of the molecule is O=[N+]([O-])c1ccc(OC2CCCCO2)cc1Br. The number of nitro benzene ring substituents is 1. The predicted octanol–water partition coefficient (Wildman–Crippen LogP) is 3.26. The molecule has 0 amide bonds. The van der Waals surface area contributed by atoms with Crippen LogP contribution in [0, 0.1) is 10.1 Å². The van der Waals surface area contributed by atoms with Crippen molar-refractivity contribution >= 4 is 21.6 Å². The Balaban J connectivity index is 2.06. The van der Waals surface area contributed by atoms with Crippen molar-refractivity contribution < 1.29 is 14.4 Å². The van der Waals surface area contributed by atoms with Gasteiger partial charge >= 0.3 is 0 Å². The predicted molar refractivity (Wildman–Crippen MR) is 65.0 cm³/mol. The highest BCUT2D eigenvalue weighted by molar-refractivity contribution is 9.10. The molecule has 2 rings (SSSR count). The van der Waals surface area contributed by atoms with E-state index in [9.17, 15) is 10.1 Å². The number of rotatable bonds is 3. The Hall–Kier alpha value is -1.14. The average Bonchev–Trinajstić information content (AvgIpc) is 2.30. The summed E-state index contributed by atoms with van der Waals surface area (Å²) in [5.74, 6) is 0.578. The molecule has 1 aromatic rings. The lowest BCUT2D eigenvalue weighted by atomic mass is 10.2. The maximum Gasteiger partial charge on any atom is 0.283 e. The quantitative estimate of drug-likeness (QED) is 0.635. The van der Waals surface area contributed by atoms with E-state index in [1.807, 2.05) is 0 Å². The lowest BCUT2D eigenvalue weighted by Crippen LogP contribution is -2.24. The second kappa shape index (κ2) is 5.46. The molecule has 1 aliphatic rings. The zero-order valence-corrected chi connectivity index (χ0v) is 10.7. The van der Waals surface area contributed by atoms with Crippen LogP contribution in [-0.4, -0.2) is 17.8 Å². The lowest BCUT2D eigenvalue weighted by Gasteiger charge is -2.23. The Bertz CT molecular complexity index is 418. The van der Waals surface area contributed by atoms with Crippen molar-refractivity contribution in [3.05, 3.63) is 32.8 Å². The van der Waals surface area contributed by atoms with Crippen molar-refractivity contribution in [3.63, 3.8) is 0 Å². The highest BCUT2D eigenvalue weighted by Crippen LogP contribution is 2.30. The fourth-order valence-electron chi connectivity index (χ4n) is 1.66. The molecular formula is C11H12BrNO4. The number of hydrogen-bond donors (Lipinski definition) is 0. The van der Waals surface area contributed by atoms with E-state index in [-0.39, 0.29) is 12.0 Å². The van der Waals surface area contributed by atoms with Crippen LogP contribution in [0.2, 0.25) is 0 Å². The molecule has 0 aromatic heterocycles. The van der Waals surface area contributed by atoms with Crippen LogP contribution in [0.1, 0.15) is 19.3 Å². The number of nitrogens with zero attached hydrogens (tertiary/aromatic N) is 1. The highest BCUT2D eigenvalue weighted by Gasteiger charge is 2.17. The molecule has 0 saturated carbocycles. The Kier molecular flexibility index (Phi) is 3.96. The van der Waals surface area contributed by atoms with Gasteiger partial charge in [0.25, 0.3) is 5.69 Å². The number of hydrogen-bond acceptors (Lipinski definition) is 4. The smallest absolute Gasteiger partial charge is 0.283 e. The second-order valence-corrected chi connectivity index (χ2v) is 4.64. The Morgan fingerprint density at radius 2 is 2.29 bits per heavy atom. The minimum absolute atomic E-state index is 0.0295. The Labute approximate surface area is 107 Å². The minimum Gasteiger partial charge on any atom is -0.465 e. The van der Waals surface area contributed by atoms with Gasteiger partial charge < -0.3 is 9.47 Å². The number of halogens is 1. The molecule has 0 spiro atoms. The summed E-state index contributed by atoms with van der Waals surface area (Å²) in [4.78, 5) is 10.2. The van der Waals surface area contributed by atoms with E-state index < -0.39 is 4.92 Å². The molecule has 1 saturated heterocycles. The number of ether oxygens (including phenoxy) is 2. The van der Waals surface area contributed by atoms with E-state index in [0.717, 1.165) is 19.3 Å². The molecule has 0 N–H and O–H groups in total. The summed E-state index contributed by atoms with van der Waals surface area (Å²) < 4.78 is 11.4. The standard InChI is InChI=1S/C11H12BrNO4/c12-9-7-8(4-5-10(9)13(14)15)17-11-3-1-2-6-16-11/h4-5,7,11H,1-3,6H2. The summed E-state index contributed by atoms with van der Waals surface area (Å²) in [6.45, 7) is 0.707. The summed E-state index contributed by atoms with van der Waals surface area (Å²) in [7, 11) is 0. The summed E-state index contributed by atoms with van der Waals surface area (Å²) in [5, 5.41) is 10.6. The van der Waals surface area contributed by atoms with Gasteiger partial charge in [0.2, 0.25) is 0 Å². The summed E-state index contributed by atoms with van der Waals surface area (Å²) in [6.07, 6.45) is 2.76. The summed E-state index contributed by atoms with van der Waals surface area (Å²) in [6, 6.07) is 4.60. The minimum atomic E-state index is -0.440. The molecule has 0 radical (unpaired) electrons. The first kappa shape index (κ1) is 12.3. The van der Waals surface area contributed by atoms with E-state index in [0.29, 0.717) is 16.8 Å². The Morgan fingerprint density at radius 1 is 1.47 bits per heavy atom. The molecule has 92 valence electrons. The molecule has 0 aliphatic carbocycles. The first-order chi connectivity index (χ1) is 8.16. The highest BCUT2D eigenvalue weighted by atomic mass is 79.9. The topological polar surface area (TPSA) is 61.6 Å². The van der Waals surface area contributed by atoms with Crippen LogP contribution in [0.5, 0.6) is 5.75 Å². The van der Waals surface area contributed by atoms with E-state index in [1.165, 1.54) is 6.07 Å². The molecule has 5 nitrogen and oxygen atoms in total. The first-order valence-electron chi connectivity index (χ1n) is 5.39. The van der Waals surface area contributed by atoms with Crippen molar-refractivity contribution in [1.29, 1.82) is 0 Å². The molecule has 1 atom stereocenters. The molecule has 1 aromatic carbocycles. The zero-order chi connectivity index (χ0) is 12.3. The van der Waals surface area contributed by atoms with Crippen LogP contribution in [0.3, 0.4) is 0 Å². The normalized spacial score (nSPS) is 19.9. The molecule has 1 fully saturated rings. The van der Waals surface area contributed by atoms with E-state index in [2.05, 4.69) is 15.9 Å². The van der Waals surface area contributed by atoms with Gasteiger partial charge in [0.15, 0.2) is 6.29 Å². The van der Waals surface area contributed by atoms with Crippen molar-refractivity contribution in [2.75, 3.05) is 6.61 Å². The van der Waals surface area contributed by atoms with Gasteiger partial charge in [-0.3, -0.25) is 10.1 Å². The third-order valence-electron chi connectivity index (χ3n) is 2.52. The molecule has 1 unspecified atom stereocenters. The number of nitro groups is 1. The van der Waals surface area contributed by atoms with Gasteiger partial charge in [0.05, 0.1) is 16.0 Å². The lowest BCUT2D eigenvalue weighted by molar-refractivity contribution is -0.385. The largest absolute Gasteiger partial charge is 0.465 e. The Morgan fingerprint density at radius 3 is 2.88 bits per heavy atom. The zero-order valence-electron chi connectivity index (χ0n) is 9.10. The van der Waals surface area contributed by atoms with Crippen molar-refractivity contribution in [2.24, 2.45) is 0 Å². The van der Waals surface area contributed by atoms with Crippen LogP contribution in [0.25, 0.3) is 0 Å².